The Balaban J connectivity index is 3.40. The van der Waals surface area contributed by atoms with Gasteiger partial charge in [-0.3, -0.25) is 9.59 Å². The normalized spacial score (nSPS) is 12.6. The summed E-state index contributed by atoms with van der Waals surface area (Å²) in [6.45, 7) is 5.76. The third-order valence-electron chi connectivity index (χ3n) is 8.42. The maximum atomic E-state index is 12.0. The van der Waals surface area contributed by atoms with Crippen LogP contribution in [0.3, 0.4) is 0 Å². The molecule has 2 unspecified atom stereocenters. The van der Waals surface area contributed by atoms with Gasteiger partial charge in [-0.15, -0.1) is 0 Å². The molecule has 11 heteroatoms. The van der Waals surface area contributed by atoms with E-state index in [2.05, 4.69) is 13.8 Å². The number of aliphatic hydroxyl groups excluding tert-OH is 2. The van der Waals surface area contributed by atoms with Crippen molar-refractivity contribution >= 4 is 59.0 Å². The quantitative estimate of drug-likeness (QED) is 0.0456. The fraction of sp³-hybridized carbons (Fsp3) is 0.950. The lowest BCUT2D eigenvalue weighted by molar-refractivity contribution is -0.146. The molecule has 0 saturated heterocycles. The van der Waals surface area contributed by atoms with Crippen molar-refractivity contribution in [3.05, 3.63) is 0 Å². The van der Waals surface area contributed by atoms with Crippen molar-refractivity contribution in [3.8, 4) is 0 Å². The molecule has 7 nitrogen and oxygen atoms in total. The average molecular weight is 799 g/mol. The molecule has 0 fully saturated rings. The maximum Gasteiger partial charge on any atom is 0.306 e. The van der Waals surface area contributed by atoms with Crippen molar-refractivity contribution in [2.75, 3.05) is 72.5 Å². The Morgan fingerprint density at radius 2 is 0.784 bits per heavy atom. The summed E-state index contributed by atoms with van der Waals surface area (Å²) < 4.78 is 16.1. The Kier molecular flexibility index (Phi) is 43.1. The average Bonchev–Trinajstić information content (AvgIpc) is 3.13. The number of rotatable bonds is 42. The molecule has 0 aliphatic carbocycles. The van der Waals surface area contributed by atoms with Crippen LogP contribution in [0, 0.1) is 0 Å². The highest BCUT2D eigenvalue weighted by atomic mass is 32.2. The number of hydrogen-bond acceptors (Lipinski definition) is 11. The van der Waals surface area contributed by atoms with Crippen molar-refractivity contribution in [3.63, 3.8) is 0 Å². The number of thioether (sulfide) groups is 4. The number of carbonyl (C=O) groups excluding carboxylic acids is 2. The van der Waals surface area contributed by atoms with E-state index >= 15 is 0 Å². The summed E-state index contributed by atoms with van der Waals surface area (Å²) in [5.74, 6) is 5.80. The topological polar surface area (TPSA) is 102 Å². The van der Waals surface area contributed by atoms with E-state index in [0.717, 1.165) is 34.5 Å². The minimum absolute atomic E-state index is 0.0441. The van der Waals surface area contributed by atoms with Gasteiger partial charge in [0.05, 0.1) is 38.3 Å². The van der Waals surface area contributed by atoms with Gasteiger partial charge < -0.3 is 24.4 Å². The second-order valence-electron chi connectivity index (χ2n) is 13.5. The Bertz CT molecular complexity index is 677. The summed E-state index contributed by atoms with van der Waals surface area (Å²) in [5, 5.41) is 20.2. The van der Waals surface area contributed by atoms with E-state index in [0.29, 0.717) is 37.6 Å². The molecule has 304 valence electrons. The zero-order chi connectivity index (χ0) is 37.3. The van der Waals surface area contributed by atoms with Crippen molar-refractivity contribution in [2.24, 2.45) is 0 Å². The first kappa shape index (κ1) is 51.2. The Morgan fingerprint density at radius 1 is 0.451 bits per heavy atom. The third kappa shape index (κ3) is 42.8. The summed E-state index contributed by atoms with van der Waals surface area (Å²) >= 11 is 6.79. The molecular weight excluding hydrogens is 721 g/mol. The molecule has 0 rings (SSSR count). The third-order valence-corrected chi connectivity index (χ3v) is 12.7. The lowest BCUT2D eigenvalue weighted by Gasteiger charge is -2.12. The number of carbonyl (C=O) groups is 2. The number of hydrogen-bond donors (Lipinski definition) is 2. The summed E-state index contributed by atoms with van der Waals surface area (Å²) in [6, 6.07) is 0. The number of unbranched alkanes of at least 4 members (excludes halogenated alkanes) is 18. The number of ether oxygens (including phenoxy) is 3. The zero-order valence-electron chi connectivity index (χ0n) is 32.8. The Morgan fingerprint density at radius 3 is 1.14 bits per heavy atom. The van der Waals surface area contributed by atoms with Gasteiger partial charge in [0, 0.05) is 34.5 Å². The SMILES string of the molecule is CCCCCCCCCCCCSCCC(=O)OCC(O)CSCCOCCSCC(O)COC(=O)CCSCCCCCCCCCCCC. The van der Waals surface area contributed by atoms with Crippen LogP contribution in [0.5, 0.6) is 0 Å². The largest absolute Gasteiger partial charge is 0.463 e. The fourth-order valence-corrected chi connectivity index (χ4v) is 8.68. The molecule has 0 aliphatic rings. The van der Waals surface area contributed by atoms with Crippen LogP contribution in [-0.4, -0.2) is 107 Å². The van der Waals surface area contributed by atoms with Crippen molar-refractivity contribution in [2.45, 2.75) is 167 Å². The summed E-state index contributed by atoms with van der Waals surface area (Å²) in [6.07, 6.45) is 26.2. The molecule has 0 saturated carbocycles. The first-order chi connectivity index (χ1) is 25.0. The zero-order valence-corrected chi connectivity index (χ0v) is 36.0. The first-order valence-electron chi connectivity index (χ1n) is 20.6. The molecule has 0 amide bonds. The fourth-order valence-electron chi connectivity index (χ4n) is 5.29. The van der Waals surface area contributed by atoms with Gasteiger partial charge in [-0.05, 0) is 24.3 Å². The van der Waals surface area contributed by atoms with Crippen LogP contribution < -0.4 is 0 Å². The van der Waals surface area contributed by atoms with Gasteiger partial charge in [0.15, 0.2) is 0 Å². The predicted molar refractivity (Wildman–Crippen MR) is 227 cm³/mol. The summed E-state index contributed by atoms with van der Waals surface area (Å²) in [5.41, 5.74) is 0. The lowest BCUT2D eigenvalue weighted by Crippen LogP contribution is -2.22. The lowest BCUT2D eigenvalue weighted by atomic mass is 10.1. The maximum absolute atomic E-state index is 12.0. The molecule has 0 aromatic heterocycles. The molecule has 0 radical (unpaired) electrons. The molecule has 2 N–H and O–H groups in total. The summed E-state index contributed by atoms with van der Waals surface area (Å²) in [4.78, 5) is 23.9. The minimum atomic E-state index is -0.669. The second-order valence-corrected chi connectivity index (χ2v) is 18.3. The van der Waals surface area contributed by atoms with E-state index in [9.17, 15) is 19.8 Å². The van der Waals surface area contributed by atoms with Crippen LogP contribution in [0.15, 0.2) is 0 Å². The van der Waals surface area contributed by atoms with Gasteiger partial charge in [0.2, 0.25) is 0 Å². The smallest absolute Gasteiger partial charge is 0.306 e. The molecule has 2 atom stereocenters. The van der Waals surface area contributed by atoms with Gasteiger partial charge in [-0.1, -0.05) is 129 Å². The van der Waals surface area contributed by atoms with Crippen LogP contribution in [-0.2, 0) is 23.8 Å². The molecule has 0 heterocycles. The van der Waals surface area contributed by atoms with Gasteiger partial charge in [-0.2, -0.15) is 47.0 Å². The van der Waals surface area contributed by atoms with Gasteiger partial charge in [-0.25, -0.2) is 0 Å². The standard InChI is InChI=1S/C40H78O7S4/c1-3-5-7-9-11-13-15-17-19-21-27-48-29-23-39(43)46-33-37(41)35-50-31-25-45-26-32-51-36-38(42)34-47-40(44)24-30-49-28-22-20-18-16-14-12-10-8-6-4-2/h37-38,41-42H,3-36H2,1-2H3. The second kappa shape index (κ2) is 43.0. The van der Waals surface area contributed by atoms with Crippen molar-refractivity contribution in [1.82, 2.24) is 0 Å². The van der Waals surface area contributed by atoms with Crippen molar-refractivity contribution in [1.29, 1.82) is 0 Å². The van der Waals surface area contributed by atoms with Crippen LogP contribution in [0.1, 0.15) is 155 Å². The molecular formula is C40H78O7S4. The van der Waals surface area contributed by atoms with E-state index in [1.54, 1.807) is 23.5 Å². The van der Waals surface area contributed by atoms with E-state index in [4.69, 9.17) is 14.2 Å². The van der Waals surface area contributed by atoms with Gasteiger partial charge in [0.25, 0.3) is 0 Å². The molecule has 0 aliphatic heterocycles. The molecule has 0 aromatic rings. The molecule has 0 aromatic carbocycles. The van der Waals surface area contributed by atoms with Crippen LogP contribution in [0.2, 0.25) is 0 Å². The van der Waals surface area contributed by atoms with Crippen LogP contribution in [0.25, 0.3) is 0 Å². The van der Waals surface area contributed by atoms with Crippen LogP contribution >= 0.6 is 47.0 Å². The number of aliphatic hydroxyl groups is 2. The summed E-state index contributed by atoms with van der Waals surface area (Å²) in [7, 11) is 0. The van der Waals surface area contributed by atoms with E-state index in [1.165, 1.54) is 128 Å². The van der Waals surface area contributed by atoms with Crippen molar-refractivity contribution < 1.29 is 34.0 Å². The van der Waals surface area contributed by atoms with E-state index < -0.39 is 12.2 Å². The Labute approximate surface area is 331 Å². The van der Waals surface area contributed by atoms with E-state index in [-0.39, 0.29) is 25.2 Å². The van der Waals surface area contributed by atoms with Gasteiger partial charge in [0.1, 0.15) is 13.2 Å². The van der Waals surface area contributed by atoms with E-state index in [1.807, 2.05) is 23.5 Å². The highest BCUT2D eigenvalue weighted by Crippen LogP contribution is 2.15. The predicted octanol–water partition coefficient (Wildman–Crippen LogP) is 10.4. The molecule has 51 heavy (non-hydrogen) atoms. The first-order valence-corrected chi connectivity index (χ1v) is 25.2. The monoisotopic (exact) mass is 798 g/mol. The number of esters is 2. The molecule has 0 bridgehead atoms. The van der Waals surface area contributed by atoms with Gasteiger partial charge >= 0.3 is 11.9 Å². The minimum Gasteiger partial charge on any atom is -0.463 e. The van der Waals surface area contributed by atoms with Crippen LogP contribution in [0.4, 0.5) is 0 Å². The highest BCUT2D eigenvalue weighted by Gasteiger charge is 2.11. The highest BCUT2D eigenvalue weighted by molar-refractivity contribution is 7.99. The Hall–Kier alpha value is 0.220. The molecule has 0 spiro atoms.